The van der Waals surface area contributed by atoms with Crippen LogP contribution in [0.5, 0.6) is 11.5 Å². The Bertz CT molecular complexity index is 917. The fourth-order valence-corrected chi connectivity index (χ4v) is 2.83. The molecule has 0 radical (unpaired) electrons. The SMILES string of the molecule is CCCOc1c(Cl)cc(/C=C2/N=C(c3ccc(C)cc3)OC2=O)cc1OC. The maximum Gasteiger partial charge on any atom is 0.363 e. The Balaban J connectivity index is 1.92. The lowest BCUT2D eigenvalue weighted by Crippen LogP contribution is -2.05. The number of rotatable bonds is 6. The summed E-state index contributed by atoms with van der Waals surface area (Å²) in [5.74, 6) is 0.761. The number of halogens is 1. The number of aliphatic imine (C=N–C) groups is 1. The van der Waals surface area contributed by atoms with E-state index in [-0.39, 0.29) is 11.6 Å². The number of hydrogen-bond acceptors (Lipinski definition) is 5. The molecule has 3 rings (SSSR count). The standard InChI is InChI=1S/C21H20ClNO4/c1-4-9-26-19-16(22)10-14(12-18(19)25-3)11-17-21(24)27-20(23-17)15-7-5-13(2)6-8-15/h5-8,10-12H,4,9H2,1-3H3/b17-11+. The molecular formula is C21H20ClNO4. The van der Waals surface area contributed by atoms with Crippen molar-refractivity contribution in [3.8, 4) is 11.5 Å². The quantitative estimate of drug-likeness (QED) is 0.530. The smallest absolute Gasteiger partial charge is 0.363 e. The summed E-state index contributed by atoms with van der Waals surface area (Å²) in [7, 11) is 1.54. The van der Waals surface area contributed by atoms with Gasteiger partial charge < -0.3 is 14.2 Å². The molecule has 0 aliphatic carbocycles. The zero-order valence-corrected chi connectivity index (χ0v) is 16.2. The van der Waals surface area contributed by atoms with Crippen LogP contribution in [0.3, 0.4) is 0 Å². The van der Waals surface area contributed by atoms with Crippen molar-refractivity contribution in [2.45, 2.75) is 20.3 Å². The highest BCUT2D eigenvalue weighted by atomic mass is 35.5. The lowest BCUT2D eigenvalue weighted by atomic mass is 10.1. The number of aryl methyl sites for hydroxylation is 1. The lowest BCUT2D eigenvalue weighted by molar-refractivity contribution is -0.129. The molecule has 0 amide bonds. The molecule has 0 unspecified atom stereocenters. The van der Waals surface area contributed by atoms with Gasteiger partial charge in [-0.2, -0.15) is 0 Å². The third-order valence-electron chi connectivity index (χ3n) is 3.92. The molecule has 0 aromatic heterocycles. The molecule has 1 aliphatic rings. The molecule has 6 heteroatoms. The van der Waals surface area contributed by atoms with Crippen molar-refractivity contribution in [2.75, 3.05) is 13.7 Å². The molecule has 0 saturated heterocycles. The summed E-state index contributed by atoms with van der Waals surface area (Å²) in [6.45, 7) is 4.53. The largest absolute Gasteiger partial charge is 0.493 e. The second-order valence-corrected chi connectivity index (χ2v) is 6.49. The second-order valence-electron chi connectivity index (χ2n) is 6.08. The first-order chi connectivity index (χ1) is 13.0. The van der Waals surface area contributed by atoms with Crippen LogP contribution in [0.4, 0.5) is 0 Å². The van der Waals surface area contributed by atoms with Crippen molar-refractivity contribution < 1.29 is 19.0 Å². The van der Waals surface area contributed by atoms with E-state index in [1.807, 2.05) is 38.1 Å². The van der Waals surface area contributed by atoms with Crippen LogP contribution in [0.1, 0.15) is 30.0 Å². The van der Waals surface area contributed by atoms with E-state index in [0.29, 0.717) is 28.7 Å². The summed E-state index contributed by atoms with van der Waals surface area (Å²) in [5.41, 5.74) is 2.73. The molecule has 0 saturated carbocycles. The van der Waals surface area contributed by atoms with Crippen LogP contribution in [0.15, 0.2) is 47.1 Å². The Hall–Kier alpha value is -2.79. The molecule has 0 bridgehead atoms. The van der Waals surface area contributed by atoms with E-state index in [0.717, 1.165) is 17.5 Å². The topological polar surface area (TPSA) is 57.1 Å². The molecule has 0 N–H and O–H groups in total. The van der Waals surface area contributed by atoms with E-state index in [2.05, 4.69) is 4.99 Å². The van der Waals surface area contributed by atoms with Gasteiger partial charge in [-0.3, -0.25) is 0 Å². The number of carbonyl (C=O) groups excluding carboxylic acids is 1. The molecule has 140 valence electrons. The van der Waals surface area contributed by atoms with Gasteiger partial charge >= 0.3 is 5.97 Å². The van der Waals surface area contributed by atoms with E-state index in [1.165, 1.54) is 0 Å². The Labute approximate surface area is 163 Å². The van der Waals surface area contributed by atoms with E-state index in [9.17, 15) is 4.79 Å². The van der Waals surface area contributed by atoms with E-state index >= 15 is 0 Å². The third-order valence-corrected chi connectivity index (χ3v) is 4.21. The predicted molar refractivity (Wildman–Crippen MR) is 106 cm³/mol. The maximum absolute atomic E-state index is 12.2. The first-order valence-electron chi connectivity index (χ1n) is 8.61. The third kappa shape index (κ3) is 4.31. The highest BCUT2D eigenvalue weighted by Gasteiger charge is 2.24. The van der Waals surface area contributed by atoms with Crippen LogP contribution < -0.4 is 9.47 Å². The molecule has 2 aromatic carbocycles. The average molecular weight is 386 g/mol. The van der Waals surface area contributed by atoms with Gasteiger partial charge in [0.1, 0.15) is 0 Å². The van der Waals surface area contributed by atoms with Crippen LogP contribution >= 0.6 is 11.6 Å². The van der Waals surface area contributed by atoms with Gasteiger partial charge in [0.15, 0.2) is 17.2 Å². The van der Waals surface area contributed by atoms with Crippen molar-refractivity contribution in [1.82, 2.24) is 0 Å². The predicted octanol–water partition coefficient (Wildman–Crippen LogP) is 4.79. The van der Waals surface area contributed by atoms with Crippen molar-refractivity contribution in [3.05, 3.63) is 63.8 Å². The zero-order chi connectivity index (χ0) is 19.4. The number of ether oxygens (including phenoxy) is 3. The Morgan fingerprint density at radius 1 is 1.22 bits per heavy atom. The maximum atomic E-state index is 12.2. The number of nitrogens with zero attached hydrogens (tertiary/aromatic N) is 1. The van der Waals surface area contributed by atoms with Crippen LogP contribution in [0.25, 0.3) is 6.08 Å². The molecular weight excluding hydrogens is 366 g/mol. The van der Waals surface area contributed by atoms with Gasteiger partial charge in [0.05, 0.1) is 18.7 Å². The normalized spacial score (nSPS) is 14.9. The highest BCUT2D eigenvalue weighted by molar-refractivity contribution is 6.32. The molecule has 5 nitrogen and oxygen atoms in total. The highest BCUT2D eigenvalue weighted by Crippen LogP contribution is 2.37. The zero-order valence-electron chi connectivity index (χ0n) is 15.4. The Morgan fingerprint density at radius 2 is 1.96 bits per heavy atom. The summed E-state index contributed by atoms with van der Waals surface area (Å²) >= 11 is 6.32. The van der Waals surface area contributed by atoms with Gasteiger partial charge in [0, 0.05) is 5.56 Å². The Kier molecular flexibility index (Phi) is 5.81. The van der Waals surface area contributed by atoms with Gasteiger partial charge in [-0.25, -0.2) is 9.79 Å². The van der Waals surface area contributed by atoms with Gasteiger partial charge in [-0.15, -0.1) is 0 Å². The number of methoxy groups -OCH3 is 1. The van der Waals surface area contributed by atoms with Gasteiger partial charge in [-0.05, 0) is 49.2 Å². The number of hydrogen-bond donors (Lipinski definition) is 0. The van der Waals surface area contributed by atoms with E-state index < -0.39 is 5.97 Å². The molecule has 1 heterocycles. The van der Waals surface area contributed by atoms with Crippen molar-refractivity contribution in [3.63, 3.8) is 0 Å². The van der Waals surface area contributed by atoms with Crippen molar-refractivity contribution >= 4 is 29.5 Å². The number of cyclic esters (lactones) is 1. The van der Waals surface area contributed by atoms with E-state index in [4.69, 9.17) is 25.8 Å². The minimum atomic E-state index is -0.507. The van der Waals surface area contributed by atoms with Crippen LogP contribution in [-0.2, 0) is 9.53 Å². The average Bonchev–Trinajstić information content (AvgIpc) is 3.01. The molecule has 2 aromatic rings. The summed E-state index contributed by atoms with van der Waals surface area (Å²) in [4.78, 5) is 16.5. The first-order valence-corrected chi connectivity index (χ1v) is 8.99. The Morgan fingerprint density at radius 3 is 2.63 bits per heavy atom. The number of benzene rings is 2. The summed E-state index contributed by atoms with van der Waals surface area (Å²) < 4.78 is 16.3. The lowest BCUT2D eigenvalue weighted by Gasteiger charge is -2.12. The monoisotopic (exact) mass is 385 g/mol. The number of esters is 1. The molecule has 27 heavy (non-hydrogen) atoms. The molecule has 0 atom stereocenters. The van der Waals surface area contributed by atoms with Crippen molar-refractivity contribution in [2.24, 2.45) is 4.99 Å². The second kappa shape index (κ2) is 8.27. The van der Waals surface area contributed by atoms with Crippen molar-refractivity contribution in [1.29, 1.82) is 0 Å². The van der Waals surface area contributed by atoms with Crippen LogP contribution in [0, 0.1) is 6.92 Å². The van der Waals surface area contributed by atoms with Crippen LogP contribution in [-0.4, -0.2) is 25.6 Å². The molecule has 0 fully saturated rings. The summed E-state index contributed by atoms with van der Waals surface area (Å²) in [5, 5.41) is 0.406. The van der Waals surface area contributed by atoms with Gasteiger partial charge in [-0.1, -0.05) is 36.2 Å². The van der Waals surface area contributed by atoms with Gasteiger partial charge in [0.2, 0.25) is 5.90 Å². The minimum absolute atomic E-state index is 0.200. The summed E-state index contributed by atoms with van der Waals surface area (Å²) in [6.07, 6.45) is 2.47. The fourth-order valence-electron chi connectivity index (χ4n) is 2.55. The van der Waals surface area contributed by atoms with E-state index in [1.54, 1.807) is 25.3 Å². The fraction of sp³-hybridized carbons (Fsp3) is 0.238. The minimum Gasteiger partial charge on any atom is -0.493 e. The summed E-state index contributed by atoms with van der Waals surface area (Å²) in [6, 6.07) is 11.1. The first kappa shape index (κ1) is 19.0. The molecule has 1 aliphatic heterocycles. The van der Waals surface area contributed by atoms with Gasteiger partial charge in [0.25, 0.3) is 0 Å². The number of carbonyl (C=O) groups is 1. The van der Waals surface area contributed by atoms with Crippen LogP contribution in [0.2, 0.25) is 5.02 Å². The molecule has 0 spiro atoms.